The minimum Gasteiger partial charge on any atom is -0.494 e. The molecule has 0 saturated heterocycles. The van der Waals surface area contributed by atoms with Crippen LogP contribution in [-0.2, 0) is 13.1 Å². The van der Waals surface area contributed by atoms with Crippen LogP contribution >= 0.6 is 0 Å². The summed E-state index contributed by atoms with van der Waals surface area (Å²) < 4.78 is 26.3. The van der Waals surface area contributed by atoms with E-state index >= 15 is 0 Å². The number of halogens is 1. The molecule has 160 valence electrons. The molecule has 9 heteroatoms. The molecular weight excluding hydrogens is 389 g/mol. The highest BCUT2D eigenvalue weighted by Crippen LogP contribution is 2.34. The SMILES string of the molecule is CCn1cc(CN(C)C(=O)c2c(N(C)C)noc2-c2ccc(F)c(OC)c2)c(C)n1. The van der Waals surface area contributed by atoms with Gasteiger partial charge in [-0.2, -0.15) is 5.10 Å². The fourth-order valence-electron chi connectivity index (χ4n) is 3.17. The maximum absolute atomic E-state index is 13.9. The zero-order valence-electron chi connectivity index (χ0n) is 18.1. The highest BCUT2D eigenvalue weighted by Gasteiger charge is 2.28. The van der Waals surface area contributed by atoms with Crippen LogP contribution in [0.25, 0.3) is 11.3 Å². The van der Waals surface area contributed by atoms with Gasteiger partial charge in [0.25, 0.3) is 5.91 Å². The lowest BCUT2D eigenvalue weighted by molar-refractivity contribution is 0.0785. The summed E-state index contributed by atoms with van der Waals surface area (Å²) >= 11 is 0. The monoisotopic (exact) mass is 415 g/mol. The second-order valence-corrected chi connectivity index (χ2v) is 7.21. The molecule has 8 nitrogen and oxygen atoms in total. The number of amides is 1. The fraction of sp³-hybridized carbons (Fsp3) is 0.381. The Morgan fingerprint density at radius 3 is 2.63 bits per heavy atom. The summed E-state index contributed by atoms with van der Waals surface area (Å²) in [5.41, 5.74) is 2.64. The molecule has 0 saturated carbocycles. The standard InChI is InChI=1S/C21H26FN5O3/c1-7-27-12-15(13(2)23-27)11-26(5)21(28)18-19(30-24-20(18)25(3)4)14-8-9-16(22)17(10-14)29-6/h8-10,12H,7,11H2,1-6H3. The first-order valence-electron chi connectivity index (χ1n) is 9.56. The zero-order chi connectivity index (χ0) is 22.0. The van der Waals surface area contributed by atoms with E-state index < -0.39 is 5.82 Å². The van der Waals surface area contributed by atoms with E-state index in [0.29, 0.717) is 23.5 Å². The van der Waals surface area contributed by atoms with Crippen molar-refractivity contribution < 1.29 is 18.4 Å². The van der Waals surface area contributed by atoms with Gasteiger partial charge in [0.05, 0.1) is 12.8 Å². The Bertz CT molecular complexity index is 1060. The zero-order valence-corrected chi connectivity index (χ0v) is 18.1. The molecule has 1 amide bonds. The molecule has 3 aromatic rings. The smallest absolute Gasteiger partial charge is 0.261 e. The van der Waals surface area contributed by atoms with Crippen LogP contribution in [-0.4, -0.2) is 54.0 Å². The van der Waals surface area contributed by atoms with Crippen LogP contribution in [0.2, 0.25) is 0 Å². The van der Waals surface area contributed by atoms with Crippen LogP contribution in [0.1, 0.15) is 28.5 Å². The molecule has 0 aliphatic carbocycles. The normalized spacial score (nSPS) is 10.9. The van der Waals surface area contributed by atoms with E-state index in [4.69, 9.17) is 9.26 Å². The van der Waals surface area contributed by atoms with Crippen LogP contribution in [0.3, 0.4) is 0 Å². The number of nitrogens with zero attached hydrogens (tertiary/aromatic N) is 5. The van der Waals surface area contributed by atoms with Crippen molar-refractivity contribution in [1.82, 2.24) is 19.8 Å². The third-order valence-electron chi connectivity index (χ3n) is 4.85. The number of aryl methyl sites for hydroxylation is 2. The Kier molecular flexibility index (Phi) is 6.09. The number of hydrogen-bond acceptors (Lipinski definition) is 6. The Hall–Kier alpha value is -3.36. The lowest BCUT2D eigenvalue weighted by atomic mass is 10.1. The van der Waals surface area contributed by atoms with Crippen molar-refractivity contribution in [2.45, 2.75) is 26.9 Å². The van der Waals surface area contributed by atoms with Crippen LogP contribution in [0, 0.1) is 12.7 Å². The van der Waals surface area contributed by atoms with Gasteiger partial charge in [0, 0.05) is 51.6 Å². The quantitative estimate of drug-likeness (QED) is 0.589. The van der Waals surface area contributed by atoms with Gasteiger partial charge in [0.1, 0.15) is 5.56 Å². The Morgan fingerprint density at radius 2 is 2.03 bits per heavy atom. The molecule has 0 radical (unpaired) electrons. The molecule has 3 rings (SSSR count). The highest BCUT2D eigenvalue weighted by molar-refractivity contribution is 6.04. The summed E-state index contributed by atoms with van der Waals surface area (Å²) in [5.74, 6) is -0.0468. The van der Waals surface area contributed by atoms with Gasteiger partial charge < -0.3 is 19.1 Å². The van der Waals surface area contributed by atoms with Crippen molar-refractivity contribution in [1.29, 1.82) is 0 Å². The molecule has 0 unspecified atom stereocenters. The van der Waals surface area contributed by atoms with Gasteiger partial charge in [-0.25, -0.2) is 4.39 Å². The van der Waals surface area contributed by atoms with Crippen molar-refractivity contribution >= 4 is 11.7 Å². The number of carbonyl (C=O) groups excluding carboxylic acids is 1. The van der Waals surface area contributed by atoms with E-state index in [-0.39, 0.29) is 17.4 Å². The van der Waals surface area contributed by atoms with Crippen molar-refractivity contribution in [3.63, 3.8) is 0 Å². The maximum Gasteiger partial charge on any atom is 0.261 e. The minimum atomic E-state index is -0.498. The summed E-state index contributed by atoms with van der Waals surface area (Å²) in [6.07, 6.45) is 1.94. The van der Waals surface area contributed by atoms with E-state index in [1.807, 2.05) is 24.7 Å². The van der Waals surface area contributed by atoms with Gasteiger partial charge in [-0.1, -0.05) is 5.16 Å². The van der Waals surface area contributed by atoms with E-state index in [2.05, 4.69) is 10.3 Å². The maximum atomic E-state index is 13.9. The highest BCUT2D eigenvalue weighted by atomic mass is 19.1. The van der Waals surface area contributed by atoms with E-state index in [0.717, 1.165) is 17.8 Å². The van der Waals surface area contributed by atoms with Gasteiger partial charge in [0.15, 0.2) is 23.1 Å². The number of ether oxygens (including phenoxy) is 1. The molecule has 0 atom stereocenters. The molecule has 0 aliphatic rings. The largest absolute Gasteiger partial charge is 0.494 e. The lowest BCUT2D eigenvalue weighted by Gasteiger charge is -2.18. The summed E-state index contributed by atoms with van der Waals surface area (Å²) in [6, 6.07) is 4.29. The van der Waals surface area contributed by atoms with Crippen molar-refractivity contribution in [2.75, 3.05) is 33.2 Å². The number of carbonyl (C=O) groups is 1. The Labute approximate surface area is 174 Å². The van der Waals surface area contributed by atoms with E-state index in [1.54, 1.807) is 30.9 Å². The van der Waals surface area contributed by atoms with Crippen LogP contribution in [0.5, 0.6) is 5.75 Å². The van der Waals surface area contributed by atoms with Crippen LogP contribution in [0.4, 0.5) is 10.2 Å². The van der Waals surface area contributed by atoms with Gasteiger partial charge in [0.2, 0.25) is 0 Å². The first-order valence-corrected chi connectivity index (χ1v) is 9.56. The predicted molar refractivity (Wildman–Crippen MR) is 111 cm³/mol. The summed E-state index contributed by atoms with van der Waals surface area (Å²) in [6.45, 7) is 5.07. The molecule has 0 aliphatic heterocycles. The second-order valence-electron chi connectivity index (χ2n) is 7.21. The summed E-state index contributed by atoms with van der Waals surface area (Å²) in [4.78, 5) is 16.7. The molecule has 0 N–H and O–H groups in total. The van der Waals surface area contributed by atoms with E-state index in [1.165, 1.54) is 25.3 Å². The molecule has 2 aromatic heterocycles. The average molecular weight is 415 g/mol. The van der Waals surface area contributed by atoms with Crippen molar-refractivity contribution in [3.05, 3.63) is 47.0 Å². The second kappa shape index (κ2) is 8.56. The molecule has 1 aromatic carbocycles. The number of methoxy groups -OCH3 is 1. The van der Waals surface area contributed by atoms with Gasteiger partial charge >= 0.3 is 0 Å². The third kappa shape index (κ3) is 4.00. The van der Waals surface area contributed by atoms with Crippen molar-refractivity contribution in [3.8, 4) is 17.1 Å². The molecule has 30 heavy (non-hydrogen) atoms. The van der Waals surface area contributed by atoms with Crippen LogP contribution in [0.15, 0.2) is 28.9 Å². The molecule has 0 fully saturated rings. The van der Waals surface area contributed by atoms with Gasteiger partial charge in [-0.15, -0.1) is 0 Å². The first-order chi connectivity index (χ1) is 14.3. The van der Waals surface area contributed by atoms with E-state index in [9.17, 15) is 9.18 Å². The molecular formula is C21H26FN5O3. The molecule has 0 bridgehead atoms. The lowest BCUT2D eigenvalue weighted by Crippen LogP contribution is -2.28. The minimum absolute atomic E-state index is 0.0599. The summed E-state index contributed by atoms with van der Waals surface area (Å²) in [5, 5.41) is 8.50. The molecule has 2 heterocycles. The number of aromatic nitrogens is 3. The average Bonchev–Trinajstić information content (AvgIpc) is 3.31. The fourth-order valence-corrected chi connectivity index (χ4v) is 3.17. The third-order valence-corrected chi connectivity index (χ3v) is 4.85. The number of anilines is 1. The first kappa shape index (κ1) is 21.4. The van der Waals surface area contributed by atoms with Gasteiger partial charge in [-0.05, 0) is 32.0 Å². The topological polar surface area (TPSA) is 76.6 Å². The van der Waals surface area contributed by atoms with Crippen LogP contribution < -0.4 is 9.64 Å². The number of benzene rings is 1. The molecule has 0 spiro atoms. The number of rotatable bonds is 7. The van der Waals surface area contributed by atoms with Gasteiger partial charge in [-0.3, -0.25) is 9.48 Å². The van der Waals surface area contributed by atoms with Crippen molar-refractivity contribution in [2.24, 2.45) is 0 Å². The summed E-state index contributed by atoms with van der Waals surface area (Å²) in [7, 11) is 6.65. The number of hydrogen-bond donors (Lipinski definition) is 0. The predicted octanol–water partition coefficient (Wildman–Crippen LogP) is 3.35. The Balaban J connectivity index is 2.00. The Morgan fingerprint density at radius 1 is 1.30 bits per heavy atom.